The summed E-state index contributed by atoms with van der Waals surface area (Å²) < 4.78 is 5.19. The molecule has 0 atom stereocenters. The minimum Gasteiger partial charge on any atom is -0.497 e. The molecular formula is C12H20N4O. The quantitative estimate of drug-likeness (QED) is 0.762. The van der Waals surface area contributed by atoms with E-state index in [4.69, 9.17) is 10.5 Å². The molecule has 0 aliphatic carbocycles. The van der Waals surface area contributed by atoms with Gasteiger partial charge in [-0.3, -0.25) is 0 Å². The van der Waals surface area contributed by atoms with Crippen LogP contribution in [0.3, 0.4) is 0 Å². The maximum absolute atomic E-state index is 5.93. The van der Waals surface area contributed by atoms with Crippen LogP contribution in [0.25, 0.3) is 0 Å². The van der Waals surface area contributed by atoms with Gasteiger partial charge in [0.05, 0.1) is 18.5 Å². The maximum Gasteiger partial charge on any atom is 0.121 e. The molecule has 0 amide bonds. The van der Waals surface area contributed by atoms with Gasteiger partial charge in [-0.1, -0.05) is 0 Å². The third-order valence-corrected chi connectivity index (χ3v) is 3.04. The monoisotopic (exact) mass is 236 g/mol. The number of likely N-dealkylation sites (N-methyl/N-ethyl adjacent to an activating group) is 1. The second kappa shape index (κ2) is 5.25. The van der Waals surface area contributed by atoms with Gasteiger partial charge in [0, 0.05) is 32.2 Å². The van der Waals surface area contributed by atoms with Crippen molar-refractivity contribution in [2.75, 3.05) is 51.5 Å². The maximum atomic E-state index is 5.93. The number of nitrogens with two attached hydrogens (primary N) is 1. The molecule has 94 valence electrons. The van der Waals surface area contributed by atoms with E-state index in [-0.39, 0.29) is 0 Å². The summed E-state index contributed by atoms with van der Waals surface area (Å²) in [4.78, 5) is 2.31. The predicted octanol–water partition coefficient (Wildman–Crippen LogP) is 0.852. The molecule has 0 aromatic heterocycles. The van der Waals surface area contributed by atoms with Crippen molar-refractivity contribution in [3.63, 3.8) is 0 Å². The van der Waals surface area contributed by atoms with Gasteiger partial charge in [-0.15, -0.1) is 0 Å². The number of nitrogens with zero attached hydrogens (tertiary/aromatic N) is 2. The Balaban J connectivity index is 2.02. The summed E-state index contributed by atoms with van der Waals surface area (Å²) in [5.41, 5.74) is 10.9. The highest BCUT2D eigenvalue weighted by atomic mass is 16.5. The first kappa shape index (κ1) is 12.0. The highest BCUT2D eigenvalue weighted by molar-refractivity contribution is 5.67. The van der Waals surface area contributed by atoms with Crippen molar-refractivity contribution in [3.8, 4) is 5.75 Å². The molecular weight excluding hydrogens is 216 g/mol. The van der Waals surface area contributed by atoms with E-state index < -0.39 is 0 Å². The van der Waals surface area contributed by atoms with Crippen LogP contribution < -0.4 is 15.9 Å². The second-order valence-corrected chi connectivity index (χ2v) is 4.36. The highest BCUT2D eigenvalue weighted by Gasteiger charge is 2.14. The van der Waals surface area contributed by atoms with E-state index in [9.17, 15) is 0 Å². The van der Waals surface area contributed by atoms with Gasteiger partial charge in [0.1, 0.15) is 5.75 Å². The Morgan fingerprint density at radius 3 is 2.59 bits per heavy atom. The van der Waals surface area contributed by atoms with E-state index in [1.807, 2.05) is 18.2 Å². The molecule has 1 heterocycles. The lowest BCUT2D eigenvalue weighted by Gasteiger charge is -2.33. The van der Waals surface area contributed by atoms with Gasteiger partial charge >= 0.3 is 0 Å². The van der Waals surface area contributed by atoms with Gasteiger partial charge in [0.25, 0.3) is 0 Å². The fourth-order valence-corrected chi connectivity index (χ4v) is 1.85. The van der Waals surface area contributed by atoms with Gasteiger partial charge in [-0.25, -0.2) is 5.01 Å². The zero-order valence-electron chi connectivity index (χ0n) is 10.4. The summed E-state index contributed by atoms with van der Waals surface area (Å²) in [6.07, 6.45) is 0. The van der Waals surface area contributed by atoms with Gasteiger partial charge < -0.3 is 20.8 Å². The molecule has 1 saturated heterocycles. The lowest BCUT2D eigenvalue weighted by Crippen LogP contribution is -2.47. The summed E-state index contributed by atoms with van der Waals surface area (Å²) in [6, 6.07) is 5.65. The van der Waals surface area contributed by atoms with Crippen LogP contribution >= 0.6 is 0 Å². The van der Waals surface area contributed by atoms with E-state index >= 15 is 0 Å². The van der Waals surface area contributed by atoms with Crippen LogP contribution in [0.1, 0.15) is 0 Å². The third kappa shape index (κ3) is 3.01. The van der Waals surface area contributed by atoms with Crippen molar-refractivity contribution in [3.05, 3.63) is 18.2 Å². The van der Waals surface area contributed by atoms with Crippen LogP contribution in [-0.2, 0) is 0 Å². The van der Waals surface area contributed by atoms with E-state index in [0.717, 1.165) is 43.3 Å². The number of benzene rings is 1. The fraction of sp³-hybridized carbons (Fsp3) is 0.500. The topological polar surface area (TPSA) is 53.8 Å². The Bertz CT molecular complexity index is 375. The number of hydrogen-bond donors (Lipinski definition) is 2. The van der Waals surface area contributed by atoms with Crippen molar-refractivity contribution in [1.82, 2.24) is 9.91 Å². The Hall–Kier alpha value is -1.46. The molecule has 1 aliphatic heterocycles. The summed E-state index contributed by atoms with van der Waals surface area (Å²) in [5, 5.41) is 2.19. The zero-order valence-corrected chi connectivity index (χ0v) is 10.4. The number of hydrogen-bond acceptors (Lipinski definition) is 5. The van der Waals surface area contributed by atoms with Gasteiger partial charge in [-0.05, 0) is 19.2 Å². The number of nitrogens with one attached hydrogen (secondary N) is 1. The Morgan fingerprint density at radius 2 is 1.94 bits per heavy atom. The average Bonchev–Trinajstić information content (AvgIpc) is 2.35. The molecule has 1 aromatic carbocycles. The lowest BCUT2D eigenvalue weighted by atomic mass is 10.2. The van der Waals surface area contributed by atoms with Crippen LogP contribution in [0.5, 0.6) is 5.75 Å². The summed E-state index contributed by atoms with van der Waals surface area (Å²) in [5.74, 6) is 0.816. The van der Waals surface area contributed by atoms with Gasteiger partial charge in [0.2, 0.25) is 0 Å². The van der Waals surface area contributed by atoms with Crippen LogP contribution in [0, 0.1) is 0 Å². The normalized spacial score (nSPS) is 18.0. The SMILES string of the molecule is COc1ccc(N)c(NN2CCN(C)CC2)c1. The van der Waals surface area contributed by atoms with Crippen molar-refractivity contribution in [1.29, 1.82) is 0 Å². The second-order valence-electron chi connectivity index (χ2n) is 4.36. The molecule has 5 nitrogen and oxygen atoms in total. The minimum atomic E-state index is 0.740. The Labute approximate surface area is 102 Å². The van der Waals surface area contributed by atoms with Crippen LogP contribution in [-0.4, -0.2) is 50.2 Å². The first-order valence-corrected chi connectivity index (χ1v) is 5.82. The molecule has 17 heavy (non-hydrogen) atoms. The number of nitrogen functional groups attached to an aromatic ring is 1. The molecule has 0 radical (unpaired) electrons. The third-order valence-electron chi connectivity index (χ3n) is 3.04. The first-order chi connectivity index (χ1) is 8.19. The number of anilines is 2. The van der Waals surface area contributed by atoms with Gasteiger partial charge in [0.15, 0.2) is 0 Å². The number of piperazine rings is 1. The molecule has 0 spiro atoms. The number of ether oxygens (including phenoxy) is 1. The van der Waals surface area contributed by atoms with Crippen LogP contribution in [0.15, 0.2) is 18.2 Å². The molecule has 1 fully saturated rings. The molecule has 1 aliphatic rings. The van der Waals surface area contributed by atoms with Crippen LogP contribution in [0.4, 0.5) is 11.4 Å². The molecule has 5 heteroatoms. The predicted molar refractivity (Wildman–Crippen MR) is 70.1 cm³/mol. The average molecular weight is 236 g/mol. The number of rotatable bonds is 3. The Kier molecular flexibility index (Phi) is 3.71. The molecule has 0 bridgehead atoms. The first-order valence-electron chi connectivity index (χ1n) is 5.82. The highest BCUT2D eigenvalue weighted by Crippen LogP contribution is 2.24. The van der Waals surface area contributed by atoms with E-state index in [0.29, 0.717) is 0 Å². The Morgan fingerprint density at radius 1 is 1.24 bits per heavy atom. The summed E-state index contributed by atoms with van der Waals surface area (Å²) >= 11 is 0. The molecule has 2 rings (SSSR count). The largest absolute Gasteiger partial charge is 0.497 e. The smallest absolute Gasteiger partial charge is 0.121 e. The van der Waals surface area contributed by atoms with Crippen molar-refractivity contribution in [2.45, 2.75) is 0 Å². The molecule has 0 saturated carbocycles. The molecule has 3 N–H and O–H groups in total. The lowest BCUT2D eigenvalue weighted by molar-refractivity contribution is 0.179. The number of hydrazine groups is 1. The molecule has 1 aromatic rings. The van der Waals surface area contributed by atoms with E-state index in [1.54, 1.807) is 7.11 Å². The summed E-state index contributed by atoms with van der Waals surface area (Å²) in [6.45, 7) is 4.12. The van der Waals surface area contributed by atoms with Gasteiger partial charge in [-0.2, -0.15) is 0 Å². The van der Waals surface area contributed by atoms with Crippen molar-refractivity contribution < 1.29 is 4.74 Å². The zero-order chi connectivity index (χ0) is 12.3. The summed E-state index contributed by atoms with van der Waals surface area (Å²) in [7, 11) is 3.79. The van der Waals surface area contributed by atoms with E-state index in [1.165, 1.54) is 0 Å². The van der Waals surface area contributed by atoms with Crippen LogP contribution in [0.2, 0.25) is 0 Å². The minimum absolute atomic E-state index is 0.740. The fourth-order valence-electron chi connectivity index (χ4n) is 1.85. The van der Waals surface area contributed by atoms with Crippen molar-refractivity contribution >= 4 is 11.4 Å². The molecule has 0 unspecified atom stereocenters. The standard InChI is InChI=1S/C12H20N4O/c1-15-5-7-16(8-6-15)14-12-9-10(17-2)3-4-11(12)13/h3-4,9,14H,5-8,13H2,1-2H3. The van der Waals surface area contributed by atoms with Crippen molar-refractivity contribution in [2.24, 2.45) is 0 Å². The van der Waals surface area contributed by atoms with E-state index in [2.05, 4.69) is 22.4 Å². The number of methoxy groups -OCH3 is 1.